The number of allylic oxidation sites excluding steroid dienone is 3. The molecule has 1 fully saturated rings. The van der Waals surface area contributed by atoms with Gasteiger partial charge in [0.25, 0.3) is 0 Å². The number of ether oxygens (including phenoxy) is 2. The van der Waals surface area contributed by atoms with Crippen molar-refractivity contribution in [3.8, 4) is 5.75 Å². The van der Waals surface area contributed by atoms with Crippen molar-refractivity contribution in [3.63, 3.8) is 0 Å². The predicted octanol–water partition coefficient (Wildman–Crippen LogP) is 6.71. The van der Waals surface area contributed by atoms with Crippen molar-refractivity contribution in [3.05, 3.63) is 88.3 Å². The van der Waals surface area contributed by atoms with Crippen molar-refractivity contribution in [2.24, 2.45) is 0 Å². The van der Waals surface area contributed by atoms with Crippen LogP contribution in [0.5, 0.6) is 5.75 Å². The Balaban J connectivity index is 1.56. The third-order valence-electron chi connectivity index (χ3n) is 7.84. The van der Waals surface area contributed by atoms with E-state index in [0.29, 0.717) is 24.2 Å². The summed E-state index contributed by atoms with van der Waals surface area (Å²) in [4.78, 5) is 27.6. The number of hydrogen-bond donors (Lipinski definition) is 1. The van der Waals surface area contributed by atoms with E-state index in [4.69, 9.17) is 9.47 Å². The van der Waals surface area contributed by atoms with Gasteiger partial charge in [0.1, 0.15) is 11.9 Å². The summed E-state index contributed by atoms with van der Waals surface area (Å²) < 4.78 is 12.2. The van der Waals surface area contributed by atoms with Crippen molar-refractivity contribution in [1.29, 1.82) is 0 Å². The number of carbonyl (C=O) groups excluding carboxylic acids is 2. The van der Waals surface area contributed by atoms with Crippen molar-refractivity contribution in [2.75, 3.05) is 6.61 Å². The van der Waals surface area contributed by atoms with E-state index < -0.39 is 5.92 Å². The fourth-order valence-electron chi connectivity index (χ4n) is 6.04. The maximum atomic E-state index is 13.9. The molecule has 1 aliphatic heterocycles. The van der Waals surface area contributed by atoms with Gasteiger partial charge in [-0.3, -0.25) is 4.79 Å². The molecule has 2 aromatic rings. The molecule has 3 aliphatic rings. The molecule has 0 saturated heterocycles. The summed E-state index contributed by atoms with van der Waals surface area (Å²) in [5.74, 6) is 0.0716. The largest absolute Gasteiger partial charge is 0.493 e. The van der Waals surface area contributed by atoms with Crippen LogP contribution in [-0.4, -0.2) is 24.5 Å². The van der Waals surface area contributed by atoms with Crippen molar-refractivity contribution >= 4 is 11.8 Å². The van der Waals surface area contributed by atoms with E-state index >= 15 is 0 Å². The molecule has 0 spiro atoms. The van der Waals surface area contributed by atoms with Crippen LogP contribution in [0.4, 0.5) is 0 Å². The van der Waals surface area contributed by atoms with Gasteiger partial charge in [0.15, 0.2) is 5.78 Å². The van der Waals surface area contributed by atoms with Crippen LogP contribution in [0.15, 0.2) is 77.1 Å². The normalized spacial score (nSPS) is 22.4. The summed E-state index contributed by atoms with van der Waals surface area (Å²) >= 11 is 0. The topological polar surface area (TPSA) is 64.6 Å². The van der Waals surface area contributed by atoms with E-state index in [9.17, 15) is 9.59 Å². The summed E-state index contributed by atoms with van der Waals surface area (Å²) in [6.07, 6.45) is 7.11. The maximum absolute atomic E-state index is 13.9. The zero-order valence-electron chi connectivity index (χ0n) is 21.9. The third kappa shape index (κ3) is 5.36. The van der Waals surface area contributed by atoms with Gasteiger partial charge in [-0.2, -0.15) is 0 Å². The SMILES string of the molecule is CCCOc1ccccc1[C@@H]1C(C(=O)OC2CCCCC2)=C(C)NC2=C1C(=O)C[C@H](c1ccccc1)C2. The first-order chi connectivity index (χ1) is 18.1. The van der Waals surface area contributed by atoms with Crippen molar-refractivity contribution in [2.45, 2.75) is 83.2 Å². The number of hydrogen-bond acceptors (Lipinski definition) is 5. The van der Waals surface area contributed by atoms with Gasteiger partial charge in [0, 0.05) is 29.0 Å². The van der Waals surface area contributed by atoms with Crippen LogP contribution < -0.4 is 10.1 Å². The molecule has 5 rings (SSSR count). The highest BCUT2D eigenvalue weighted by Crippen LogP contribution is 2.48. The molecule has 2 aromatic carbocycles. The predicted molar refractivity (Wildman–Crippen MR) is 144 cm³/mol. The second kappa shape index (κ2) is 11.4. The Morgan fingerprint density at radius 3 is 2.46 bits per heavy atom. The first-order valence-electron chi connectivity index (χ1n) is 13.8. The summed E-state index contributed by atoms with van der Waals surface area (Å²) in [6.45, 7) is 4.57. The minimum absolute atomic E-state index is 0.0614. The molecule has 0 aromatic heterocycles. The summed E-state index contributed by atoms with van der Waals surface area (Å²) in [6, 6.07) is 18.0. The molecule has 1 saturated carbocycles. The number of nitrogens with one attached hydrogen (secondary N) is 1. The number of para-hydroxylation sites is 1. The molecule has 0 bridgehead atoms. The molecule has 5 heteroatoms. The molecule has 1 heterocycles. The molecular formula is C32H37NO4. The van der Waals surface area contributed by atoms with Gasteiger partial charge in [-0.1, -0.05) is 61.9 Å². The molecule has 5 nitrogen and oxygen atoms in total. The molecule has 2 aliphatic carbocycles. The van der Waals surface area contributed by atoms with E-state index in [1.54, 1.807) is 0 Å². The first kappa shape index (κ1) is 25.3. The van der Waals surface area contributed by atoms with Crippen LogP contribution in [0.3, 0.4) is 0 Å². The maximum Gasteiger partial charge on any atom is 0.337 e. The highest BCUT2D eigenvalue weighted by molar-refractivity contribution is 6.04. The Morgan fingerprint density at radius 2 is 1.70 bits per heavy atom. The molecule has 0 radical (unpaired) electrons. The lowest BCUT2D eigenvalue weighted by Crippen LogP contribution is -2.37. The molecule has 194 valence electrons. The number of esters is 1. The second-order valence-electron chi connectivity index (χ2n) is 10.5. The van der Waals surface area contributed by atoms with Gasteiger partial charge in [-0.15, -0.1) is 0 Å². The summed E-state index contributed by atoms with van der Waals surface area (Å²) in [7, 11) is 0. The number of dihydropyridines is 1. The van der Waals surface area contributed by atoms with E-state index in [0.717, 1.165) is 66.8 Å². The zero-order valence-corrected chi connectivity index (χ0v) is 21.9. The van der Waals surface area contributed by atoms with Gasteiger partial charge in [0.05, 0.1) is 18.1 Å². The highest BCUT2D eigenvalue weighted by Gasteiger charge is 2.42. The van der Waals surface area contributed by atoms with Crippen LogP contribution in [0, 0.1) is 0 Å². The second-order valence-corrected chi connectivity index (χ2v) is 10.5. The van der Waals surface area contributed by atoms with Gasteiger partial charge >= 0.3 is 5.97 Å². The van der Waals surface area contributed by atoms with Crippen LogP contribution in [0.25, 0.3) is 0 Å². The lowest BCUT2D eigenvalue weighted by atomic mass is 9.71. The lowest BCUT2D eigenvalue weighted by molar-refractivity contribution is -0.146. The van der Waals surface area contributed by atoms with Crippen molar-refractivity contribution < 1.29 is 19.1 Å². The molecule has 37 heavy (non-hydrogen) atoms. The van der Waals surface area contributed by atoms with Gasteiger partial charge < -0.3 is 14.8 Å². The van der Waals surface area contributed by atoms with Gasteiger partial charge in [-0.25, -0.2) is 4.79 Å². The lowest BCUT2D eigenvalue weighted by Gasteiger charge is -2.37. The number of carbonyl (C=O) groups is 2. The third-order valence-corrected chi connectivity index (χ3v) is 7.84. The molecule has 0 unspecified atom stereocenters. The smallest absolute Gasteiger partial charge is 0.337 e. The number of ketones is 1. The van der Waals surface area contributed by atoms with E-state index in [-0.39, 0.29) is 23.8 Å². The van der Waals surface area contributed by atoms with Gasteiger partial charge in [0.2, 0.25) is 0 Å². The van der Waals surface area contributed by atoms with Crippen LogP contribution in [0.1, 0.15) is 88.2 Å². The van der Waals surface area contributed by atoms with E-state index in [1.165, 1.54) is 6.42 Å². The Labute approximate surface area is 219 Å². The Kier molecular flexibility index (Phi) is 7.78. The quantitative estimate of drug-likeness (QED) is 0.429. The average molecular weight is 500 g/mol. The van der Waals surface area contributed by atoms with Crippen LogP contribution in [0.2, 0.25) is 0 Å². The standard InChI is InChI=1S/C32H37NO4/c1-3-18-36-28-17-11-10-16-25(28)30-29(32(35)37-24-14-8-5-9-15-24)21(2)33-26-19-23(20-27(34)31(26)30)22-12-6-4-7-13-22/h4,6-7,10-13,16-17,23-24,30,33H,3,5,8-9,14-15,18-20H2,1-2H3/t23-,30-/m1/s1. The number of rotatable bonds is 7. The molecule has 0 amide bonds. The Morgan fingerprint density at radius 1 is 0.973 bits per heavy atom. The molecule has 1 N–H and O–H groups in total. The van der Waals surface area contributed by atoms with Gasteiger partial charge in [-0.05, 0) is 63.0 Å². The highest BCUT2D eigenvalue weighted by atomic mass is 16.5. The Bertz CT molecular complexity index is 1210. The zero-order chi connectivity index (χ0) is 25.8. The number of Topliss-reactive ketones (excluding diaryl/α,β-unsaturated/α-hetero) is 1. The van der Waals surface area contributed by atoms with E-state index in [1.807, 2.05) is 49.4 Å². The van der Waals surface area contributed by atoms with Crippen molar-refractivity contribution in [1.82, 2.24) is 5.32 Å². The fraction of sp³-hybridized carbons (Fsp3) is 0.438. The molecular weight excluding hydrogens is 462 g/mol. The van der Waals surface area contributed by atoms with Crippen LogP contribution >= 0.6 is 0 Å². The summed E-state index contributed by atoms with van der Waals surface area (Å²) in [5, 5.41) is 3.48. The monoisotopic (exact) mass is 499 g/mol. The minimum atomic E-state index is -0.510. The minimum Gasteiger partial charge on any atom is -0.493 e. The van der Waals surface area contributed by atoms with Crippen LogP contribution in [-0.2, 0) is 14.3 Å². The molecule has 2 atom stereocenters. The first-order valence-corrected chi connectivity index (χ1v) is 13.8. The fourth-order valence-corrected chi connectivity index (χ4v) is 6.04. The van der Waals surface area contributed by atoms with E-state index in [2.05, 4.69) is 24.4 Å². The Hall–Kier alpha value is -3.34. The summed E-state index contributed by atoms with van der Waals surface area (Å²) in [5.41, 5.74) is 4.90. The average Bonchev–Trinajstić information content (AvgIpc) is 2.92. The number of benzene rings is 2.